The molecule has 0 saturated carbocycles. The minimum absolute atomic E-state index is 0.335. The number of hydrogen-bond acceptors (Lipinski definition) is 3. The Bertz CT molecular complexity index is 538. The Morgan fingerprint density at radius 1 is 1.18 bits per heavy atom. The third-order valence-corrected chi connectivity index (χ3v) is 3.16. The molecule has 0 radical (unpaired) electrons. The van der Waals surface area contributed by atoms with Gasteiger partial charge in [-0.1, -0.05) is 48.0 Å². The van der Waals surface area contributed by atoms with E-state index in [0.29, 0.717) is 17.6 Å². The maximum absolute atomic E-state index is 5.82. The van der Waals surface area contributed by atoms with Crippen molar-refractivity contribution in [2.24, 2.45) is 0 Å². The third kappa shape index (κ3) is 2.64. The van der Waals surface area contributed by atoms with E-state index in [9.17, 15) is 0 Å². The molecule has 1 aromatic carbocycles. The summed E-state index contributed by atoms with van der Waals surface area (Å²) in [6.07, 6.45) is 0. The zero-order valence-corrected chi connectivity index (χ0v) is 11.4. The number of nitrogens with two attached hydrogens (primary N) is 1. The highest BCUT2D eigenvalue weighted by atomic mass is 79.9. The van der Waals surface area contributed by atoms with Crippen LogP contribution in [0.2, 0.25) is 0 Å². The van der Waals surface area contributed by atoms with E-state index in [1.165, 1.54) is 0 Å². The molecule has 0 atom stereocenters. The van der Waals surface area contributed by atoms with Crippen LogP contribution < -0.4 is 5.73 Å². The summed E-state index contributed by atoms with van der Waals surface area (Å²) in [5.74, 6) is 1.51. The summed E-state index contributed by atoms with van der Waals surface area (Å²) in [6.45, 7) is 4.18. The molecule has 0 bridgehead atoms. The second-order valence-electron chi connectivity index (χ2n) is 4.18. The van der Waals surface area contributed by atoms with E-state index >= 15 is 0 Å². The van der Waals surface area contributed by atoms with Crippen LogP contribution in [-0.4, -0.2) is 9.97 Å². The molecule has 2 aromatic rings. The monoisotopic (exact) mass is 291 g/mol. The second kappa shape index (κ2) is 4.84. The summed E-state index contributed by atoms with van der Waals surface area (Å²) in [7, 11) is 0. The average Bonchev–Trinajstić information content (AvgIpc) is 2.28. The minimum atomic E-state index is 0.335. The molecule has 0 aliphatic carbocycles. The largest absolute Gasteiger partial charge is 0.384 e. The standard InChI is InChI=1S/C13H14BrN3/c1-8(2)11-7-12(15)17-13(16-11)9-5-3-4-6-10(9)14/h3-8H,1-2H3,(H2,15,16,17). The summed E-state index contributed by atoms with van der Waals surface area (Å²) in [5, 5.41) is 0. The summed E-state index contributed by atoms with van der Waals surface area (Å²) in [6, 6.07) is 9.69. The molecule has 0 saturated heterocycles. The maximum Gasteiger partial charge on any atom is 0.162 e. The molecule has 0 spiro atoms. The van der Waals surface area contributed by atoms with Gasteiger partial charge in [-0.05, 0) is 12.0 Å². The van der Waals surface area contributed by atoms with Crippen molar-refractivity contribution in [2.75, 3.05) is 5.73 Å². The van der Waals surface area contributed by atoms with Gasteiger partial charge in [0.05, 0.1) is 0 Å². The molecule has 0 aliphatic rings. The molecule has 1 aromatic heterocycles. The summed E-state index contributed by atoms with van der Waals surface area (Å²) < 4.78 is 0.973. The highest BCUT2D eigenvalue weighted by Gasteiger charge is 2.10. The lowest BCUT2D eigenvalue weighted by molar-refractivity contribution is 0.818. The van der Waals surface area contributed by atoms with Gasteiger partial charge >= 0.3 is 0 Å². The van der Waals surface area contributed by atoms with Crippen LogP contribution in [0.5, 0.6) is 0 Å². The van der Waals surface area contributed by atoms with Crippen molar-refractivity contribution in [2.45, 2.75) is 19.8 Å². The lowest BCUT2D eigenvalue weighted by Crippen LogP contribution is -2.01. The first-order valence-corrected chi connectivity index (χ1v) is 6.26. The fourth-order valence-electron chi connectivity index (χ4n) is 1.54. The van der Waals surface area contributed by atoms with Crippen LogP contribution in [-0.2, 0) is 0 Å². The molecule has 88 valence electrons. The Hall–Kier alpha value is -1.42. The summed E-state index contributed by atoms with van der Waals surface area (Å²) in [4.78, 5) is 8.83. The molecule has 0 aliphatic heterocycles. The number of nitrogen functional groups attached to an aromatic ring is 1. The fourth-order valence-corrected chi connectivity index (χ4v) is 2.01. The molecule has 0 fully saturated rings. The molecule has 0 amide bonds. The van der Waals surface area contributed by atoms with Gasteiger partial charge in [-0.2, -0.15) is 0 Å². The first kappa shape index (κ1) is 12.0. The van der Waals surface area contributed by atoms with Gasteiger partial charge in [-0.25, -0.2) is 9.97 Å². The lowest BCUT2D eigenvalue weighted by Gasteiger charge is -2.09. The van der Waals surface area contributed by atoms with Crippen molar-refractivity contribution >= 4 is 21.7 Å². The second-order valence-corrected chi connectivity index (χ2v) is 5.03. The summed E-state index contributed by atoms with van der Waals surface area (Å²) in [5.41, 5.74) is 7.74. The number of aromatic nitrogens is 2. The molecule has 2 rings (SSSR count). The Morgan fingerprint density at radius 3 is 2.53 bits per heavy atom. The molecule has 3 nitrogen and oxygen atoms in total. The van der Waals surface area contributed by atoms with Crippen LogP contribution in [0.3, 0.4) is 0 Å². The average molecular weight is 292 g/mol. The molecule has 17 heavy (non-hydrogen) atoms. The highest BCUT2D eigenvalue weighted by Crippen LogP contribution is 2.27. The molecular formula is C13H14BrN3. The van der Waals surface area contributed by atoms with Crippen molar-refractivity contribution in [3.8, 4) is 11.4 Å². The van der Waals surface area contributed by atoms with Gasteiger partial charge in [0.25, 0.3) is 0 Å². The van der Waals surface area contributed by atoms with Gasteiger partial charge in [0, 0.05) is 21.8 Å². The van der Waals surface area contributed by atoms with Crippen LogP contribution in [0.15, 0.2) is 34.8 Å². The number of anilines is 1. The molecule has 4 heteroatoms. The topological polar surface area (TPSA) is 51.8 Å². The fraction of sp³-hybridized carbons (Fsp3) is 0.231. The van der Waals surface area contributed by atoms with Crippen LogP contribution in [0.4, 0.5) is 5.82 Å². The van der Waals surface area contributed by atoms with E-state index in [2.05, 4.69) is 39.7 Å². The predicted octanol–water partition coefficient (Wildman–Crippen LogP) is 3.61. The van der Waals surface area contributed by atoms with Gasteiger partial charge in [0.15, 0.2) is 5.82 Å². The van der Waals surface area contributed by atoms with E-state index in [0.717, 1.165) is 15.7 Å². The van der Waals surface area contributed by atoms with Crippen molar-refractivity contribution in [3.63, 3.8) is 0 Å². The van der Waals surface area contributed by atoms with E-state index < -0.39 is 0 Å². The Kier molecular flexibility index (Phi) is 3.43. The van der Waals surface area contributed by atoms with Gasteiger partial charge < -0.3 is 5.73 Å². The Morgan fingerprint density at radius 2 is 1.88 bits per heavy atom. The molecule has 0 unspecified atom stereocenters. The van der Waals surface area contributed by atoms with E-state index in [4.69, 9.17) is 5.73 Å². The number of halogens is 1. The molecule has 1 heterocycles. The lowest BCUT2D eigenvalue weighted by atomic mass is 10.1. The maximum atomic E-state index is 5.82. The number of hydrogen-bond donors (Lipinski definition) is 1. The van der Waals surface area contributed by atoms with Crippen molar-refractivity contribution in [1.82, 2.24) is 9.97 Å². The number of benzene rings is 1. The zero-order valence-electron chi connectivity index (χ0n) is 9.81. The number of rotatable bonds is 2. The summed E-state index contributed by atoms with van der Waals surface area (Å²) >= 11 is 3.50. The van der Waals surface area contributed by atoms with Crippen molar-refractivity contribution in [3.05, 3.63) is 40.5 Å². The predicted molar refractivity (Wildman–Crippen MR) is 73.7 cm³/mol. The third-order valence-electron chi connectivity index (χ3n) is 2.47. The van der Waals surface area contributed by atoms with E-state index in [1.54, 1.807) is 0 Å². The van der Waals surface area contributed by atoms with Gasteiger partial charge in [0.2, 0.25) is 0 Å². The van der Waals surface area contributed by atoms with Gasteiger partial charge in [0.1, 0.15) is 5.82 Å². The highest BCUT2D eigenvalue weighted by molar-refractivity contribution is 9.10. The zero-order chi connectivity index (χ0) is 12.4. The SMILES string of the molecule is CC(C)c1cc(N)nc(-c2ccccc2Br)n1. The number of nitrogens with zero attached hydrogens (tertiary/aromatic N) is 2. The smallest absolute Gasteiger partial charge is 0.162 e. The molecule has 2 N–H and O–H groups in total. The van der Waals surface area contributed by atoms with Crippen molar-refractivity contribution in [1.29, 1.82) is 0 Å². The Labute approximate surface area is 109 Å². The minimum Gasteiger partial charge on any atom is -0.384 e. The Balaban J connectivity index is 2.56. The normalized spacial score (nSPS) is 10.8. The quantitative estimate of drug-likeness (QED) is 0.920. The van der Waals surface area contributed by atoms with Gasteiger partial charge in [-0.15, -0.1) is 0 Å². The first-order chi connectivity index (χ1) is 8.08. The van der Waals surface area contributed by atoms with Crippen molar-refractivity contribution < 1.29 is 0 Å². The van der Waals surface area contributed by atoms with Gasteiger partial charge in [-0.3, -0.25) is 0 Å². The van der Waals surface area contributed by atoms with Crippen LogP contribution in [0.1, 0.15) is 25.5 Å². The van der Waals surface area contributed by atoms with Crippen LogP contribution >= 0.6 is 15.9 Å². The van der Waals surface area contributed by atoms with E-state index in [-0.39, 0.29) is 0 Å². The first-order valence-electron chi connectivity index (χ1n) is 5.47. The van der Waals surface area contributed by atoms with Crippen LogP contribution in [0, 0.1) is 0 Å². The molecular weight excluding hydrogens is 278 g/mol. The van der Waals surface area contributed by atoms with Crippen LogP contribution in [0.25, 0.3) is 11.4 Å². The van der Waals surface area contributed by atoms with E-state index in [1.807, 2.05) is 30.3 Å².